The minimum Gasteiger partial charge on any atom is -0.300 e. The van der Waals surface area contributed by atoms with E-state index in [4.69, 9.17) is 11.6 Å². The van der Waals surface area contributed by atoms with Gasteiger partial charge in [0.2, 0.25) is 0 Å². The van der Waals surface area contributed by atoms with Gasteiger partial charge in [-0.05, 0) is 38.2 Å². The Balaban J connectivity index is 2.61. The highest BCUT2D eigenvalue weighted by atomic mass is 35.5. The third kappa shape index (κ3) is 4.92. The van der Waals surface area contributed by atoms with Crippen LogP contribution in [0.4, 0.5) is 17.6 Å². The Morgan fingerprint density at radius 2 is 1.86 bits per heavy atom. The second-order valence-electron chi connectivity index (χ2n) is 6.34. The number of benzene rings is 1. The SMILES string of the molecule is CC(=O)CCCSc1cc(-n2c(=O)c(C)c(C(F)(F)F)n(C)c2=O)c(F)cc1Cl. The number of aromatic nitrogens is 2. The molecule has 1 aromatic carbocycles. The van der Waals surface area contributed by atoms with Gasteiger partial charge in [0.15, 0.2) is 0 Å². The number of thioether (sulfide) groups is 1. The molecule has 0 saturated heterocycles. The monoisotopic (exact) mass is 452 g/mol. The molecule has 0 unspecified atom stereocenters. The van der Waals surface area contributed by atoms with Crippen molar-refractivity contribution in [1.82, 2.24) is 9.13 Å². The van der Waals surface area contributed by atoms with Crippen molar-refractivity contribution in [2.24, 2.45) is 7.05 Å². The molecule has 1 aromatic heterocycles. The quantitative estimate of drug-likeness (QED) is 0.376. The number of ketones is 1. The minimum atomic E-state index is -4.92. The molecule has 158 valence electrons. The zero-order chi connectivity index (χ0) is 22.1. The van der Waals surface area contributed by atoms with Gasteiger partial charge in [-0.3, -0.25) is 9.36 Å². The highest BCUT2D eigenvalue weighted by molar-refractivity contribution is 7.99. The summed E-state index contributed by atoms with van der Waals surface area (Å²) < 4.78 is 54.7. The van der Waals surface area contributed by atoms with Crippen LogP contribution in [-0.4, -0.2) is 20.7 Å². The van der Waals surface area contributed by atoms with Crippen LogP contribution >= 0.6 is 23.4 Å². The largest absolute Gasteiger partial charge is 0.432 e. The Morgan fingerprint density at radius 3 is 2.41 bits per heavy atom. The first-order valence-corrected chi connectivity index (χ1v) is 9.74. The topological polar surface area (TPSA) is 61.1 Å². The van der Waals surface area contributed by atoms with Crippen molar-refractivity contribution < 1.29 is 22.4 Å². The van der Waals surface area contributed by atoms with Gasteiger partial charge in [0.25, 0.3) is 5.56 Å². The highest BCUT2D eigenvalue weighted by Crippen LogP contribution is 2.32. The predicted molar refractivity (Wildman–Crippen MR) is 103 cm³/mol. The van der Waals surface area contributed by atoms with Gasteiger partial charge in [0.1, 0.15) is 17.3 Å². The fourth-order valence-electron chi connectivity index (χ4n) is 2.77. The molecule has 29 heavy (non-hydrogen) atoms. The van der Waals surface area contributed by atoms with Crippen molar-refractivity contribution in [1.29, 1.82) is 0 Å². The lowest BCUT2D eigenvalue weighted by molar-refractivity contribution is -0.144. The number of hydrogen-bond donors (Lipinski definition) is 0. The van der Waals surface area contributed by atoms with Crippen LogP contribution in [0.15, 0.2) is 26.6 Å². The Labute approximate surface area is 172 Å². The molecular formula is C18H17ClF4N2O3S. The third-order valence-electron chi connectivity index (χ3n) is 4.13. The zero-order valence-electron chi connectivity index (χ0n) is 15.7. The van der Waals surface area contributed by atoms with Crippen molar-refractivity contribution in [2.45, 2.75) is 37.8 Å². The van der Waals surface area contributed by atoms with Crippen molar-refractivity contribution in [3.05, 3.63) is 55.1 Å². The number of hydrogen-bond acceptors (Lipinski definition) is 4. The van der Waals surface area contributed by atoms with Gasteiger partial charge in [0.05, 0.1) is 10.7 Å². The maximum Gasteiger partial charge on any atom is 0.432 e. The van der Waals surface area contributed by atoms with Gasteiger partial charge in [0, 0.05) is 23.9 Å². The first kappa shape index (κ1) is 23.2. The fourth-order valence-corrected chi connectivity index (χ4v) is 3.99. The Morgan fingerprint density at radius 1 is 1.24 bits per heavy atom. The average Bonchev–Trinajstić information content (AvgIpc) is 2.58. The van der Waals surface area contributed by atoms with Crippen LogP contribution in [0, 0.1) is 12.7 Å². The number of Topliss-reactive ketones (excluding diaryl/α,β-unsaturated/α-hetero) is 1. The summed E-state index contributed by atoms with van der Waals surface area (Å²) in [7, 11) is 0.860. The summed E-state index contributed by atoms with van der Waals surface area (Å²) in [4.78, 5) is 36.3. The molecule has 0 radical (unpaired) electrons. The first-order valence-electron chi connectivity index (χ1n) is 8.37. The molecule has 2 rings (SSSR count). The number of nitrogens with zero attached hydrogens (tertiary/aromatic N) is 2. The Hall–Kier alpha value is -2.07. The summed E-state index contributed by atoms with van der Waals surface area (Å²) in [5.74, 6) is -0.559. The van der Waals surface area contributed by atoms with Gasteiger partial charge in [-0.25, -0.2) is 13.8 Å². The Kier molecular flexibility index (Phi) is 7.00. The van der Waals surface area contributed by atoms with Crippen LogP contribution < -0.4 is 11.2 Å². The summed E-state index contributed by atoms with van der Waals surface area (Å²) in [6, 6.07) is 2.04. The number of carbonyl (C=O) groups is 1. The van der Waals surface area contributed by atoms with Crippen LogP contribution in [0.2, 0.25) is 5.02 Å². The van der Waals surface area contributed by atoms with Gasteiger partial charge < -0.3 is 4.79 Å². The van der Waals surface area contributed by atoms with E-state index in [9.17, 15) is 31.9 Å². The summed E-state index contributed by atoms with van der Waals surface area (Å²) in [6.07, 6.45) is -4.05. The molecule has 5 nitrogen and oxygen atoms in total. The van der Waals surface area contributed by atoms with Crippen molar-refractivity contribution in [3.63, 3.8) is 0 Å². The normalized spacial score (nSPS) is 11.7. The molecule has 11 heteroatoms. The highest BCUT2D eigenvalue weighted by Gasteiger charge is 2.38. The van der Waals surface area contributed by atoms with Gasteiger partial charge in [-0.1, -0.05) is 11.6 Å². The molecule has 0 bridgehead atoms. The summed E-state index contributed by atoms with van der Waals surface area (Å²) in [6.45, 7) is 2.37. The smallest absolute Gasteiger partial charge is 0.300 e. The minimum absolute atomic E-state index is 0.00627. The van der Waals surface area contributed by atoms with E-state index in [0.717, 1.165) is 26.1 Å². The van der Waals surface area contributed by atoms with E-state index in [2.05, 4.69) is 0 Å². The molecule has 0 N–H and O–H groups in total. The predicted octanol–water partition coefficient (Wildman–Crippen LogP) is 4.12. The lowest BCUT2D eigenvalue weighted by Gasteiger charge is -2.17. The third-order valence-corrected chi connectivity index (χ3v) is 5.70. The molecule has 0 aliphatic heterocycles. The maximum atomic E-state index is 14.5. The number of rotatable bonds is 6. The van der Waals surface area contributed by atoms with Crippen molar-refractivity contribution in [3.8, 4) is 5.69 Å². The van der Waals surface area contributed by atoms with Crippen LogP contribution in [0.25, 0.3) is 5.69 Å². The lowest BCUT2D eigenvalue weighted by Crippen LogP contribution is -2.43. The molecule has 0 aliphatic rings. The van der Waals surface area contributed by atoms with Crippen molar-refractivity contribution >= 4 is 29.1 Å². The molecule has 0 amide bonds. The van der Waals surface area contributed by atoms with Crippen LogP contribution in [0.5, 0.6) is 0 Å². The molecule has 0 fully saturated rings. The van der Waals surface area contributed by atoms with E-state index in [-0.39, 0.29) is 15.4 Å². The second kappa shape index (κ2) is 8.74. The van der Waals surface area contributed by atoms with Crippen molar-refractivity contribution in [2.75, 3.05) is 5.75 Å². The average molecular weight is 453 g/mol. The van der Waals surface area contributed by atoms with E-state index in [1.807, 2.05) is 0 Å². The van der Waals surface area contributed by atoms with E-state index in [1.54, 1.807) is 0 Å². The van der Waals surface area contributed by atoms with E-state index < -0.39 is 40.2 Å². The maximum absolute atomic E-state index is 14.5. The number of carbonyl (C=O) groups excluding carboxylic acids is 1. The van der Waals surface area contributed by atoms with Gasteiger partial charge in [-0.15, -0.1) is 11.8 Å². The molecular weight excluding hydrogens is 436 g/mol. The zero-order valence-corrected chi connectivity index (χ0v) is 17.3. The molecule has 1 heterocycles. The molecule has 0 atom stereocenters. The summed E-state index contributed by atoms with van der Waals surface area (Å²) in [5.41, 5.74) is -5.22. The first-order chi connectivity index (χ1) is 13.4. The standard InChI is InChI=1S/C18H17ClF4N2O3S/c1-9(26)5-4-6-29-14-8-13(12(20)7-11(14)19)25-16(27)10(2)15(18(21,22)23)24(3)17(25)28/h7-8H,4-6H2,1-3H3. The number of halogens is 5. The van der Waals surface area contributed by atoms with Crippen LogP contribution in [0.1, 0.15) is 31.0 Å². The molecule has 0 aliphatic carbocycles. The lowest BCUT2D eigenvalue weighted by atomic mass is 10.2. The molecule has 0 spiro atoms. The van der Waals surface area contributed by atoms with E-state index in [1.165, 1.54) is 18.7 Å². The van der Waals surface area contributed by atoms with E-state index >= 15 is 0 Å². The number of alkyl halides is 3. The molecule has 0 saturated carbocycles. The molecule has 2 aromatic rings. The summed E-state index contributed by atoms with van der Waals surface area (Å²) in [5, 5.41) is 0.0209. The Bertz CT molecular complexity index is 1040. The van der Waals surface area contributed by atoms with E-state index in [0.29, 0.717) is 28.1 Å². The van der Waals surface area contributed by atoms with Crippen LogP contribution in [-0.2, 0) is 18.0 Å². The van der Waals surface area contributed by atoms with Gasteiger partial charge >= 0.3 is 11.9 Å². The fraction of sp³-hybridized carbons (Fsp3) is 0.389. The second-order valence-corrected chi connectivity index (χ2v) is 7.89. The van der Waals surface area contributed by atoms with Crippen LogP contribution in [0.3, 0.4) is 0 Å². The summed E-state index contributed by atoms with van der Waals surface area (Å²) >= 11 is 7.19. The van der Waals surface area contributed by atoms with Gasteiger partial charge in [-0.2, -0.15) is 13.2 Å².